The Balaban J connectivity index is 1.92. The molecule has 1 aromatic heterocycles. The average molecular weight is 377 g/mol. The largest absolute Gasteiger partial charge is 0.279 e. The van der Waals surface area contributed by atoms with Crippen LogP contribution < -0.4 is 4.72 Å². The van der Waals surface area contributed by atoms with Crippen LogP contribution in [0.4, 0.5) is 0 Å². The molecule has 0 saturated heterocycles. The quantitative estimate of drug-likeness (QED) is 0.892. The van der Waals surface area contributed by atoms with Crippen molar-refractivity contribution in [2.24, 2.45) is 0 Å². The van der Waals surface area contributed by atoms with E-state index in [9.17, 15) is 8.42 Å². The minimum Gasteiger partial charge on any atom is -0.237 e. The minimum absolute atomic E-state index is 0.109. The Morgan fingerprint density at radius 3 is 2.42 bits per heavy atom. The maximum absolute atomic E-state index is 12.2. The van der Waals surface area contributed by atoms with Crippen LogP contribution in [0.3, 0.4) is 0 Å². The average Bonchev–Trinajstić information content (AvgIpc) is 2.99. The zero-order chi connectivity index (χ0) is 19.1. The van der Waals surface area contributed by atoms with Gasteiger partial charge in [-0.05, 0) is 42.4 Å². The molecule has 0 amide bonds. The van der Waals surface area contributed by atoms with Crippen LogP contribution in [-0.4, -0.2) is 36.6 Å². The molecule has 3 rings (SSSR count). The first kappa shape index (κ1) is 19.1. The van der Waals surface area contributed by atoms with Gasteiger partial charge in [-0.25, -0.2) is 4.68 Å². The van der Waals surface area contributed by atoms with Crippen LogP contribution in [0.25, 0.3) is 5.69 Å². The molecule has 0 saturated carbocycles. The highest BCUT2D eigenvalue weighted by Gasteiger charge is 2.29. The van der Waals surface area contributed by atoms with Gasteiger partial charge in [-0.15, -0.1) is 0 Å². The van der Waals surface area contributed by atoms with Gasteiger partial charge < -0.3 is 0 Å². The van der Waals surface area contributed by atoms with Gasteiger partial charge in [-0.2, -0.15) is 22.5 Å². The van der Waals surface area contributed by atoms with Gasteiger partial charge in [0.1, 0.15) is 0 Å². The number of aromatic nitrogens is 2. The second-order valence-electron chi connectivity index (χ2n) is 8.11. The highest BCUT2D eigenvalue weighted by molar-refractivity contribution is 7.87. The first-order chi connectivity index (χ1) is 12.1. The van der Waals surface area contributed by atoms with Crippen LogP contribution in [0, 0.1) is 0 Å². The molecule has 0 spiro atoms. The fraction of sp³-hybridized carbons (Fsp3) is 0.526. The predicted octanol–water partition coefficient (Wildman–Crippen LogP) is 2.94. The molecular weight excluding hydrogens is 348 g/mol. The van der Waals surface area contributed by atoms with Gasteiger partial charge >= 0.3 is 0 Å². The molecular formula is C19H28N4O2S. The van der Waals surface area contributed by atoms with E-state index in [-0.39, 0.29) is 11.5 Å². The minimum atomic E-state index is -3.47. The van der Waals surface area contributed by atoms with Gasteiger partial charge in [-0.3, -0.25) is 0 Å². The van der Waals surface area contributed by atoms with E-state index in [4.69, 9.17) is 0 Å². The number of fused-ring (bicyclic) bond motifs is 1. The van der Waals surface area contributed by atoms with Crippen LogP contribution in [0.15, 0.2) is 30.5 Å². The topological polar surface area (TPSA) is 67.2 Å². The third kappa shape index (κ3) is 3.70. The molecule has 1 atom stereocenters. The van der Waals surface area contributed by atoms with Crippen LogP contribution in [0.5, 0.6) is 0 Å². The fourth-order valence-electron chi connectivity index (χ4n) is 3.29. The summed E-state index contributed by atoms with van der Waals surface area (Å²) in [6, 6.07) is 8.22. The van der Waals surface area contributed by atoms with Gasteiger partial charge in [0.15, 0.2) is 0 Å². The van der Waals surface area contributed by atoms with E-state index in [1.54, 1.807) is 6.20 Å². The standard InChI is InChI=1S/C19H28N4O2S/c1-19(2,3)14-9-11-15(12-10-14)23-18-8-6-7-17(16(18)13-20-23)21-26(24,25)22(4)5/h9-13,17,21H,6-8H2,1-5H3/t17-/m0/s1. The molecule has 1 N–H and O–H groups in total. The molecule has 2 aromatic rings. The summed E-state index contributed by atoms with van der Waals surface area (Å²) in [4.78, 5) is 0. The number of rotatable bonds is 4. The van der Waals surface area contributed by atoms with E-state index in [1.807, 2.05) is 4.68 Å². The Kier molecular flexibility index (Phi) is 4.98. The van der Waals surface area contributed by atoms with E-state index in [2.05, 4.69) is 54.9 Å². The molecule has 26 heavy (non-hydrogen) atoms. The van der Waals surface area contributed by atoms with Crippen molar-refractivity contribution in [3.05, 3.63) is 47.3 Å². The zero-order valence-electron chi connectivity index (χ0n) is 16.2. The lowest BCUT2D eigenvalue weighted by molar-refractivity contribution is 0.464. The van der Waals surface area contributed by atoms with Crippen LogP contribution in [0.2, 0.25) is 0 Å². The number of hydrogen-bond donors (Lipinski definition) is 1. The summed E-state index contributed by atoms with van der Waals surface area (Å²) in [7, 11) is -0.404. The summed E-state index contributed by atoms with van der Waals surface area (Å²) in [5, 5.41) is 4.55. The highest BCUT2D eigenvalue weighted by atomic mass is 32.2. The molecule has 1 aliphatic carbocycles. The van der Waals surface area contributed by atoms with Crippen molar-refractivity contribution in [2.75, 3.05) is 14.1 Å². The van der Waals surface area contributed by atoms with Gasteiger partial charge in [0.2, 0.25) is 0 Å². The number of hydrogen-bond acceptors (Lipinski definition) is 3. The Labute approximate surface area is 156 Å². The van der Waals surface area contributed by atoms with Crippen molar-refractivity contribution >= 4 is 10.2 Å². The monoisotopic (exact) mass is 376 g/mol. The van der Waals surface area contributed by atoms with E-state index in [1.165, 1.54) is 24.0 Å². The van der Waals surface area contributed by atoms with Gasteiger partial charge in [0.25, 0.3) is 10.2 Å². The Morgan fingerprint density at radius 1 is 1.19 bits per heavy atom. The molecule has 6 nitrogen and oxygen atoms in total. The summed E-state index contributed by atoms with van der Waals surface area (Å²) in [5.74, 6) is 0. The number of nitrogens with zero attached hydrogens (tertiary/aromatic N) is 3. The molecule has 1 heterocycles. The van der Waals surface area contributed by atoms with Crippen LogP contribution in [-0.2, 0) is 22.0 Å². The zero-order valence-corrected chi connectivity index (χ0v) is 17.0. The Morgan fingerprint density at radius 2 is 1.85 bits per heavy atom. The van der Waals surface area contributed by atoms with Crippen molar-refractivity contribution in [3.8, 4) is 5.69 Å². The summed E-state index contributed by atoms with van der Waals surface area (Å²) >= 11 is 0. The molecule has 1 aliphatic rings. The predicted molar refractivity (Wildman–Crippen MR) is 104 cm³/mol. The first-order valence-corrected chi connectivity index (χ1v) is 10.4. The molecule has 1 aromatic carbocycles. The van der Waals surface area contributed by atoms with Crippen LogP contribution in [0.1, 0.15) is 56.5 Å². The molecule has 0 bridgehead atoms. The SMILES string of the molecule is CN(C)S(=O)(=O)N[C@H]1CCCc2c1cnn2-c1ccc(C(C)(C)C)cc1. The van der Waals surface area contributed by atoms with Crippen molar-refractivity contribution in [3.63, 3.8) is 0 Å². The van der Waals surface area contributed by atoms with E-state index in [0.29, 0.717) is 0 Å². The molecule has 0 aliphatic heterocycles. The maximum Gasteiger partial charge on any atom is 0.279 e. The number of nitrogens with one attached hydrogen (secondary N) is 1. The summed E-state index contributed by atoms with van der Waals surface area (Å²) in [6.45, 7) is 6.58. The molecule has 7 heteroatoms. The van der Waals surface area contributed by atoms with Crippen LogP contribution >= 0.6 is 0 Å². The number of benzene rings is 1. The van der Waals surface area contributed by atoms with E-state index >= 15 is 0 Å². The summed E-state index contributed by atoms with van der Waals surface area (Å²) in [5.41, 5.74) is 4.46. The lowest BCUT2D eigenvalue weighted by atomic mass is 9.87. The van der Waals surface area contributed by atoms with Crippen molar-refractivity contribution in [1.29, 1.82) is 0 Å². The normalized spacial score (nSPS) is 18.2. The van der Waals surface area contributed by atoms with E-state index in [0.717, 1.165) is 36.2 Å². The van der Waals surface area contributed by atoms with Crippen molar-refractivity contribution < 1.29 is 8.42 Å². The van der Waals surface area contributed by atoms with Gasteiger partial charge in [0.05, 0.1) is 17.9 Å². The second kappa shape index (κ2) is 6.79. The van der Waals surface area contributed by atoms with Crippen molar-refractivity contribution in [1.82, 2.24) is 18.8 Å². The van der Waals surface area contributed by atoms with Gasteiger partial charge in [0, 0.05) is 25.4 Å². The lowest BCUT2D eigenvalue weighted by Crippen LogP contribution is -2.39. The maximum atomic E-state index is 12.2. The van der Waals surface area contributed by atoms with E-state index < -0.39 is 10.2 Å². The third-order valence-electron chi connectivity index (χ3n) is 4.93. The smallest absolute Gasteiger partial charge is 0.237 e. The van der Waals surface area contributed by atoms with Gasteiger partial charge in [-0.1, -0.05) is 32.9 Å². The second-order valence-corrected chi connectivity index (χ2v) is 10.0. The third-order valence-corrected chi connectivity index (χ3v) is 6.48. The first-order valence-electron chi connectivity index (χ1n) is 8.97. The molecule has 0 radical (unpaired) electrons. The Bertz CT molecular complexity index is 877. The fourth-order valence-corrected chi connectivity index (χ4v) is 4.10. The van der Waals surface area contributed by atoms with Crippen molar-refractivity contribution in [2.45, 2.75) is 51.5 Å². The molecule has 0 fully saturated rings. The summed E-state index contributed by atoms with van der Waals surface area (Å²) < 4.78 is 30.3. The summed E-state index contributed by atoms with van der Waals surface area (Å²) in [6.07, 6.45) is 4.42. The highest BCUT2D eigenvalue weighted by Crippen LogP contribution is 2.32. The lowest BCUT2D eigenvalue weighted by Gasteiger charge is -2.25. The Hall–Kier alpha value is -1.70. The molecule has 0 unspecified atom stereocenters. The molecule has 142 valence electrons.